The molecule has 1 aromatic rings. The van der Waals surface area contributed by atoms with Crippen molar-refractivity contribution < 1.29 is 4.92 Å². The average Bonchev–Trinajstić information content (AvgIpc) is 2.89. The van der Waals surface area contributed by atoms with Gasteiger partial charge in [0.05, 0.1) is 15.5 Å². The summed E-state index contributed by atoms with van der Waals surface area (Å²) in [6.45, 7) is 1.15. The highest BCUT2D eigenvalue weighted by atomic mass is 35.5. The van der Waals surface area contributed by atoms with Gasteiger partial charge in [-0.1, -0.05) is 24.1 Å². The van der Waals surface area contributed by atoms with E-state index >= 15 is 0 Å². The Kier molecular flexibility index (Phi) is 4.96. The smallest absolute Gasteiger partial charge is 0.275 e. The molecule has 0 bridgehead atoms. The molecule has 0 saturated heterocycles. The highest BCUT2D eigenvalue weighted by Gasteiger charge is 2.30. The molecule has 0 aliphatic heterocycles. The summed E-state index contributed by atoms with van der Waals surface area (Å²) < 4.78 is 0. The third-order valence-corrected chi connectivity index (χ3v) is 4.54. The summed E-state index contributed by atoms with van der Waals surface area (Å²) in [4.78, 5) is 12.9. The van der Waals surface area contributed by atoms with Gasteiger partial charge in [-0.3, -0.25) is 15.0 Å². The van der Waals surface area contributed by atoms with Crippen molar-refractivity contribution in [1.82, 2.24) is 4.90 Å². The Labute approximate surface area is 123 Å². The molecule has 6 heteroatoms. The Morgan fingerprint density at radius 3 is 2.90 bits per heavy atom. The van der Waals surface area contributed by atoms with Crippen LogP contribution in [-0.2, 0) is 6.54 Å². The number of hydrogen-bond donors (Lipinski definition) is 1. The third-order valence-electron chi connectivity index (χ3n) is 4.19. The lowest BCUT2D eigenvalue weighted by Gasteiger charge is -2.29. The fraction of sp³-hybridized carbons (Fsp3) is 0.571. The second-order valence-corrected chi connectivity index (χ2v) is 5.81. The van der Waals surface area contributed by atoms with E-state index in [-0.39, 0.29) is 10.6 Å². The lowest BCUT2D eigenvalue weighted by Crippen LogP contribution is -2.37. The maximum absolute atomic E-state index is 11.1. The van der Waals surface area contributed by atoms with Crippen molar-refractivity contribution in [3.63, 3.8) is 0 Å². The van der Waals surface area contributed by atoms with Crippen molar-refractivity contribution in [2.24, 2.45) is 11.7 Å². The number of nitrogens with zero attached hydrogens (tertiary/aromatic N) is 2. The van der Waals surface area contributed by atoms with Crippen molar-refractivity contribution in [3.8, 4) is 0 Å². The average molecular weight is 298 g/mol. The zero-order chi connectivity index (χ0) is 14.7. The quantitative estimate of drug-likeness (QED) is 0.670. The summed E-state index contributed by atoms with van der Waals surface area (Å²) in [6.07, 6.45) is 3.40. The highest BCUT2D eigenvalue weighted by molar-refractivity contribution is 6.31. The molecule has 1 fully saturated rings. The maximum Gasteiger partial charge on any atom is 0.275 e. The number of nitro groups is 1. The molecule has 110 valence electrons. The molecule has 2 unspecified atom stereocenters. The lowest BCUT2D eigenvalue weighted by molar-refractivity contribution is -0.385. The summed E-state index contributed by atoms with van der Waals surface area (Å²) in [5, 5.41) is 11.6. The zero-order valence-corrected chi connectivity index (χ0v) is 12.3. The van der Waals surface area contributed by atoms with Crippen LogP contribution >= 0.6 is 11.6 Å². The minimum atomic E-state index is -0.371. The van der Waals surface area contributed by atoms with Crippen LogP contribution in [0.25, 0.3) is 0 Å². The second kappa shape index (κ2) is 6.52. The van der Waals surface area contributed by atoms with Gasteiger partial charge in [-0.2, -0.15) is 0 Å². The van der Waals surface area contributed by atoms with E-state index in [9.17, 15) is 10.1 Å². The Bertz CT molecular complexity index is 495. The van der Waals surface area contributed by atoms with E-state index in [1.165, 1.54) is 12.5 Å². The van der Waals surface area contributed by atoms with Gasteiger partial charge in [-0.05, 0) is 38.4 Å². The highest BCUT2D eigenvalue weighted by Crippen LogP contribution is 2.32. The van der Waals surface area contributed by atoms with E-state index in [1.807, 2.05) is 7.05 Å². The molecule has 0 heterocycles. The van der Waals surface area contributed by atoms with E-state index in [2.05, 4.69) is 4.90 Å². The van der Waals surface area contributed by atoms with Crippen molar-refractivity contribution in [2.75, 3.05) is 13.6 Å². The van der Waals surface area contributed by atoms with Gasteiger partial charge < -0.3 is 5.73 Å². The summed E-state index contributed by atoms with van der Waals surface area (Å²) in [7, 11) is 1.99. The molecular formula is C14H20ClN3O2. The largest absolute Gasteiger partial charge is 0.330 e. The van der Waals surface area contributed by atoms with Crippen LogP contribution in [0.4, 0.5) is 5.69 Å². The van der Waals surface area contributed by atoms with E-state index in [1.54, 1.807) is 12.1 Å². The van der Waals surface area contributed by atoms with E-state index in [4.69, 9.17) is 17.3 Å². The summed E-state index contributed by atoms with van der Waals surface area (Å²) >= 11 is 6.14. The number of halogens is 1. The summed E-state index contributed by atoms with van der Waals surface area (Å²) in [6, 6.07) is 5.20. The molecule has 2 N–H and O–H groups in total. The lowest BCUT2D eigenvalue weighted by atomic mass is 10.0. The van der Waals surface area contributed by atoms with Crippen LogP contribution < -0.4 is 5.73 Å². The first-order valence-electron chi connectivity index (χ1n) is 6.86. The molecular weight excluding hydrogens is 278 g/mol. The molecule has 2 atom stereocenters. The Hall–Kier alpha value is -1.17. The van der Waals surface area contributed by atoms with Crippen LogP contribution in [-0.4, -0.2) is 29.5 Å². The molecule has 5 nitrogen and oxygen atoms in total. The topological polar surface area (TPSA) is 72.4 Å². The maximum atomic E-state index is 11.1. The Morgan fingerprint density at radius 1 is 1.50 bits per heavy atom. The minimum Gasteiger partial charge on any atom is -0.330 e. The number of nitrogens with two attached hydrogens (primary N) is 1. The van der Waals surface area contributed by atoms with Gasteiger partial charge >= 0.3 is 0 Å². The van der Waals surface area contributed by atoms with Gasteiger partial charge in [0.25, 0.3) is 5.69 Å². The molecule has 1 aromatic carbocycles. The van der Waals surface area contributed by atoms with Crippen molar-refractivity contribution in [3.05, 3.63) is 38.9 Å². The predicted molar refractivity (Wildman–Crippen MR) is 79.8 cm³/mol. The van der Waals surface area contributed by atoms with Gasteiger partial charge in [0, 0.05) is 18.7 Å². The van der Waals surface area contributed by atoms with Crippen LogP contribution in [0.15, 0.2) is 18.2 Å². The molecule has 20 heavy (non-hydrogen) atoms. The van der Waals surface area contributed by atoms with E-state index in [0.29, 0.717) is 35.6 Å². The predicted octanol–water partition coefficient (Wildman–Crippen LogP) is 2.81. The van der Waals surface area contributed by atoms with Crippen molar-refractivity contribution in [2.45, 2.75) is 31.8 Å². The van der Waals surface area contributed by atoms with Crippen molar-refractivity contribution >= 4 is 17.3 Å². The van der Waals surface area contributed by atoms with Gasteiger partial charge in [0.2, 0.25) is 0 Å². The zero-order valence-electron chi connectivity index (χ0n) is 11.6. The van der Waals surface area contributed by atoms with E-state index < -0.39 is 0 Å². The number of rotatable bonds is 5. The molecule has 0 aromatic heterocycles. The van der Waals surface area contributed by atoms with Crippen LogP contribution in [0.5, 0.6) is 0 Å². The first kappa shape index (κ1) is 15.2. The molecule has 1 saturated carbocycles. The first-order chi connectivity index (χ1) is 9.54. The second-order valence-electron chi connectivity index (χ2n) is 5.40. The van der Waals surface area contributed by atoms with Crippen LogP contribution in [0, 0.1) is 16.0 Å². The molecule has 0 amide bonds. The minimum absolute atomic E-state index is 0.0895. The fourth-order valence-electron chi connectivity index (χ4n) is 3.11. The Morgan fingerprint density at radius 2 is 2.25 bits per heavy atom. The molecule has 1 aliphatic rings. The molecule has 2 rings (SSSR count). The Balaban J connectivity index is 2.19. The number of nitro benzene ring substituents is 1. The van der Waals surface area contributed by atoms with Crippen LogP contribution in [0.2, 0.25) is 5.02 Å². The standard InChI is InChI=1S/C14H20ClN3O2/c1-17(13-6-2-4-10(13)8-16)9-11-12(15)5-3-7-14(11)18(19)20/h3,5,7,10,13H,2,4,6,8-9,16H2,1H3. The molecule has 0 radical (unpaired) electrons. The SMILES string of the molecule is CN(Cc1c(Cl)cccc1[N+](=O)[O-])C1CCCC1CN. The molecule has 1 aliphatic carbocycles. The van der Waals surface area contributed by atoms with E-state index in [0.717, 1.165) is 12.8 Å². The third kappa shape index (κ3) is 3.11. The van der Waals surface area contributed by atoms with Gasteiger partial charge in [0.1, 0.15) is 0 Å². The van der Waals surface area contributed by atoms with Crippen molar-refractivity contribution in [1.29, 1.82) is 0 Å². The first-order valence-corrected chi connectivity index (χ1v) is 7.24. The molecule has 0 spiro atoms. The summed E-state index contributed by atoms with van der Waals surface area (Å²) in [5.41, 5.74) is 6.48. The normalized spacial score (nSPS) is 22.4. The monoisotopic (exact) mass is 297 g/mol. The fourth-order valence-corrected chi connectivity index (χ4v) is 3.34. The van der Waals surface area contributed by atoms with Gasteiger partial charge in [-0.15, -0.1) is 0 Å². The number of hydrogen-bond acceptors (Lipinski definition) is 4. The summed E-state index contributed by atoms with van der Waals surface area (Å²) in [5.74, 6) is 0.474. The number of benzene rings is 1. The van der Waals surface area contributed by atoms with Gasteiger partial charge in [-0.25, -0.2) is 0 Å². The van der Waals surface area contributed by atoms with Crippen LogP contribution in [0.3, 0.4) is 0 Å². The van der Waals surface area contributed by atoms with Crippen LogP contribution in [0.1, 0.15) is 24.8 Å². The van der Waals surface area contributed by atoms with Gasteiger partial charge in [0.15, 0.2) is 0 Å².